The Morgan fingerprint density at radius 3 is 2.09 bits per heavy atom. The van der Waals surface area contributed by atoms with Gasteiger partial charge in [-0.1, -0.05) is 12.2 Å². The fraction of sp³-hybridized carbons (Fsp3) is 0.500. The van der Waals surface area contributed by atoms with E-state index in [1.165, 1.54) is 34.4 Å². The van der Waals surface area contributed by atoms with Crippen LogP contribution in [0.5, 0.6) is 0 Å². The molecule has 3 fully saturated rings. The summed E-state index contributed by atoms with van der Waals surface area (Å²) in [4.78, 5) is 35.8. The van der Waals surface area contributed by atoms with Gasteiger partial charge in [-0.05, 0) is 11.8 Å². The minimum Gasteiger partial charge on any atom is -0.387 e. The Morgan fingerprint density at radius 2 is 1.45 bits per heavy atom. The van der Waals surface area contributed by atoms with Crippen molar-refractivity contribution in [3.63, 3.8) is 0 Å². The predicted molar refractivity (Wildman–Crippen MR) is 158 cm³/mol. The van der Waals surface area contributed by atoms with Crippen LogP contribution in [0.4, 0.5) is 11.6 Å². The zero-order valence-corrected chi connectivity index (χ0v) is 26.2. The highest BCUT2D eigenvalue weighted by Gasteiger charge is 2.52. The molecule has 3 aliphatic heterocycles. The van der Waals surface area contributed by atoms with Crippen molar-refractivity contribution in [1.29, 1.82) is 0 Å². The molecule has 0 saturated carbocycles. The Morgan fingerprint density at radius 1 is 0.886 bits per heavy atom. The van der Waals surface area contributed by atoms with Crippen LogP contribution in [0.3, 0.4) is 0 Å². The number of rotatable bonds is 2. The SMILES string of the molecule is Nc1ncnc2c1ncn2[C@@H]1O[C@@H]2COP(O)(=S)O[C@@H]3[C@H](O)[C@@H](COP(=O)(S)O[C@H]2[C@H]1Cl)O[C@H]3n1cnc2c(N)ncnc21. The van der Waals surface area contributed by atoms with E-state index in [0.29, 0.717) is 11.2 Å². The van der Waals surface area contributed by atoms with Gasteiger partial charge < -0.3 is 35.5 Å². The maximum absolute atomic E-state index is 13.5. The third-order valence-electron chi connectivity index (χ3n) is 7.22. The van der Waals surface area contributed by atoms with Crippen molar-refractivity contribution in [3.8, 4) is 0 Å². The molecule has 2 bridgehead atoms. The van der Waals surface area contributed by atoms with Gasteiger partial charge in [0.15, 0.2) is 35.4 Å². The van der Waals surface area contributed by atoms with Gasteiger partial charge in [-0.3, -0.25) is 22.7 Å². The summed E-state index contributed by atoms with van der Waals surface area (Å²) >= 11 is 16.2. The number of fused-ring (bicyclic) bond motifs is 5. The van der Waals surface area contributed by atoms with E-state index in [2.05, 4.69) is 42.2 Å². The number of nitrogens with two attached hydrogens (primary N) is 2. The average Bonchev–Trinajstić information content (AvgIpc) is 3.73. The third-order valence-corrected chi connectivity index (χ3v) is 10.9. The average molecular weight is 709 g/mol. The molecule has 4 aromatic rings. The fourth-order valence-corrected chi connectivity index (χ4v) is 8.56. The number of aliphatic hydroxyl groups excluding tert-OH is 1. The number of thiol groups is 1. The molecule has 0 spiro atoms. The minimum atomic E-state index is -4.20. The lowest BCUT2D eigenvalue weighted by molar-refractivity contribution is -0.0584. The number of aromatic nitrogens is 8. The monoisotopic (exact) mass is 708 g/mol. The van der Waals surface area contributed by atoms with Gasteiger partial charge in [0.1, 0.15) is 59.6 Å². The molecule has 44 heavy (non-hydrogen) atoms. The number of nitrogen functional groups attached to an aromatic ring is 2. The summed E-state index contributed by atoms with van der Waals surface area (Å²) < 4.78 is 51.3. The lowest BCUT2D eigenvalue weighted by Crippen LogP contribution is -2.35. The Bertz CT molecular complexity index is 1840. The van der Waals surface area contributed by atoms with E-state index in [4.69, 9.17) is 62.4 Å². The summed E-state index contributed by atoms with van der Waals surface area (Å²) in [5, 5.41) is 10.1. The first-order chi connectivity index (χ1) is 20.9. The molecule has 0 aliphatic carbocycles. The van der Waals surface area contributed by atoms with Gasteiger partial charge in [0, 0.05) is 0 Å². The second-order valence-corrected chi connectivity index (χ2v) is 16.1. The molecule has 3 aliphatic rings. The van der Waals surface area contributed by atoms with Crippen LogP contribution in [-0.2, 0) is 43.9 Å². The highest BCUT2D eigenvalue weighted by molar-refractivity contribution is 8.44. The normalized spacial score (nSPS) is 38.3. The van der Waals surface area contributed by atoms with Crippen molar-refractivity contribution in [2.45, 2.75) is 48.4 Å². The van der Waals surface area contributed by atoms with Crippen molar-refractivity contribution in [3.05, 3.63) is 25.3 Å². The number of aliphatic hydroxyl groups is 1. The van der Waals surface area contributed by atoms with Gasteiger partial charge in [0.25, 0.3) is 0 Å². The van der Waals surface area contributed by atoms with Crippen LogP contribution in [0, 0.1) is 0 Å². The highest BCUT2D eigenvalue weighted by atomic mass is 35.5. The van der Waals surface area contributed by atoms with Crippen molar-refractivity contribution in [2.75, 3.05) is 24.7 Å². The van der Waals surface area contributed by atoms with Crippen LogP contribution >= 0.6 is 37.4 Å². The van der Waals surface area contributed by atoms with Gasteiger partial charge in [-0.15, -0.1) is 11.6 Å². The predicted octanol–water partition coefficient (Wildman–Crippen LogP) is 0.666. The summed E-state index contributed by atoms with van der Waals surface area (Å²) in [7, 11) is 0. The molecule has 7 rings (SSSR count). The molecule has 0 aromatic carbocycles. The summed E-state index contributed by atoms with van der Waals surface area (Å²) in [5.41, 5.74) is 13.0. The second kappa shape index (κ2) is 11.3. The maximum atomic E-state index is 13.5. The summed E-state index contributed by atoms with van der Waals surface area (Å²) in [5.74, 6) is 0.250. The first-order valence-electron chi connectivity index (χ1n) is 12.7. The Balaban J connectivity index is 1.20. The van der Waals surface area contributed by atoms with Crippen LogP contribution < -0.4 is 11.5 Å². The third kappa shape index (κ3) is 5.38. The Hall–Kier alpha value is -2.10. The van der Waals surface area contributed by atoms with Gasteiger partial charge in [0.2, 0.25) is 0 Å². The summed E-state index contributed by atoms with van der Waals surface area (Å²) in [6.07, 6.45) is -3.12. The molecule has 24 heteroatoms. The zero-order valence-electron chi connectivity index (χ0n) is 22.0. The molecule has 7 heterocycles. The fourth-order valence-electron chi connectivity index (χ4n) is 5.19. The number of hydrogen-bond acceptors (Lipinski definition) is 17. The number of nitrogens with zero attached hydrogens (tertiary/aromatic N) is 8. The number of halogens is 1. The molecular formula is C20H23ClN10O9P2S2. The van der Waals surface area contributed by atoms with E-state index in [0.717, 1.165) is 0 Å². The minimum absolute atomic E-state index is 0.109. The van der Waals surface area contributed by atoms with Crippen LogP contribution in [-0.4, -0.2) is 98.1 Å². The largest absolute Gasteiger partial charge is 0.387 e. The molecular weight excluding hydrogens is 686 g/mol. The number of alkyl halides is 1. The smallest absolute Gasteiger partial charge is 0.386 e. The van der Waals surface area contributed by atoms with Crippen LogP contribution in [0.2, 0.25) is 0 Å². The first kappa shape index (κ1) is 30.5. The molecule has 0 radical (unpaired) electrons. The second-order valence-electron chi connectivity index (χ2n) is 9.90. The molecule has 2 unspecified atom stereocenters. The summed E-state index contributed by atoms with van der Waals surface area (Å²) in [6, 6.07) is 0. The molecule has 6 N–H and O–H groups in total. The quantitative estimate of drug-likeness (QED) is 0.109. The van der Waals surface area contributed by atoms with E-state index in [-0.39, 0.29) is 22.8 Å². The number of ether oxygens (including phenoxy) is 2. The van der Waals surface area contributed by atoms with E-state index in [9.17, 15) is 14.6 Å². The number of anilines is 2. The number of imidazole rings is 2. The van der Waals surface area contributed by atoms with Crippen molar-refractivity contribution >= 4 is 83.1 Å². The van der Waals surface area contributed by atoms with Crippen molar-refractivity contribution < 1.29 is 42.1 Å². The molecule has 10 atom stereocenters. The van der Waals surface area contributed by atoms with E-state index < -0.39 is 75.1 Å². The van der Waals surface area contributed by atoms with Gasteiger partial charge >= 0.3 is 13.5 Å². The van der Waals surface area contributed by atoms with Crippen LogP contribution in [0.15, 0.2) is 25.3 Å². The lowest BCUT2D eigenvalue weighted by atomic mass is 10.1. The molecule has 4 aromatic heterocycles. The molecule has 19 nitrogen and oxygen atoms in total. The van der Waals surface area contributed by atoms with Gasteiger partial charge in [-0.25, -0.2) is 34.5 Å². The highest BCUT2D eigenvalue weighted by Crippen LogP contribution is 2.58. The lowest BCUT2D eigenvalue weighted by Gasteiger charge is -2.27. The van der Waals surface area contributed by atoms with Gasteiger partial charge in [0.05, 0.1) is 25.9 Å². The van der Waals surface area contributed by atoms with E-state index in [1.54, 1.807) is 0 Å². The van der Waals surface area contributed by atoms with Crippen LogP contribution in [0.1, 0.15) is 12.5 Å². The Kier molecular flexibility index (Phi) is 7.85. The van der Waals surface area contributed by atoms with Crippen molar-refractivity contribution in [1.82, 2.24) is 39.0 Å². The molecule has 0 amide bonds. The number of hydrogen-bond donors (Lipinski definition) is 5. The zero-order chi connectivity index (χ0) is 31.0. The standard InChI is InChI=1S/C20H23ClN10O9P2S2/c21-9-13-8(38-19(9)30-5-28-10-15(22)24-3-26-17(10)30)2-36-42(34,44)40-14-12(32)7(1-35-41(33,43)39-13)37-20(14)31-6-29-11-16(23)25-4-27-18(11)31/h3-9,12-14,19-20,32H,1-2H2,(H,33,43)(H,34,44)(H2,22,24,26)(H2,23,25,27)/t7-,8-,9-,12-,13-,14-,19-,20-,41?,42?/m1/s1. The van der Waals surface area contributed by atoms with Gasteiger partial charge in [-0.2, -0.15) is 0 Å². The molecule has 236 valence electrons. The summed E-state index contributed by atoms with van der Waals surface area (Å²) in [6.45, 7) is -9.25. The topological polar surface area (TPSA) is 252 Å². The van der Waals surface area contributed by atoms with Crippen LogP contribution in [0.25, 0.3) is 22.3 Å². The molecule has 3 saturated heterocycles. The maximum Gasteiger partial charge on any atom is 0.386 e. The van der Waals surface area contributed by atoms with E-state index in [1.807, 2.05) is 0 Å². The van der Waals surface area contributed by atoms with Crippen molar-refractivity contribution in [2.24, 2.45) is 0 Å². The first-order valence-corrected chi connectivity index (χ1v) is 18.5. The Labute approximate surface area is 262 Å². The van der Waals surface area contributed by atoms with E-state index >= 15 is 0 Å².